The molecular weight excluding hydrogens is 252 g/mol. The van der Waals surface area contributed by atoms with Crippen LogP contribution in [0.2, 0.25) is 0 Å². The zero-order valence-electron chi connectivity index (χ0n) is 11.9. The Morgan fingerprint density at radius 3 is 2.90 bits per heavy atom. The third-order valence-electron chi connectivity index (χ3n) is 3.38. The van der Waals surface area contributed by atoms with Gasteiger partial charge in [-0.05, 0) is 37.0 Å². The molecule has 1 aromatic carbocycles. The maximum absolute atomic E-state index is 10.5. The first-order valence-electron chi connectivity index (χ1n) is 6.88. The predicted molar refractivity (Wildman–Crippen MR) is 81.0 cm³/mol. The van der Waals surface area contributed by atoms with Crippen molar-refractivity contribution in [2.75, 3.05) is 11.9 Å². The largest absolute Gasteiger partial charge is 0.481 e. The lowest BCUT2D eigenvalue weighted by Crippen LogP contribution is -2.14. The van der Waals surface area contributed by atoms with Crippen molar-refractivity contribution in [2.45, 2.75) is 26.7 Å². The van der Waals surface area contributed by atoms with Crippen molar-refractivity contribution in [2.24, 2.45) is 5.92 Å². The number of aromatic nitrogens is 1. The Morgan fingerprint density at radius 2 is 2.15 bits per heavy atom. The molecule has 2 rings (SSSR count). The number of aryl methyl sites for hydroxylation is 1. The van der Waals surface area contributed by atoms with E-state index < -0.39 is 5.97 Å². The van der Waals surface area contributed by atoms with Crippen LogP contribution in [-0.4, -0.2) is 22.6 Å². The van der Waals surface area contributed by atoms with Crippen molar-refractivity contribution in [1.29, 1.82) is 0 Å². The second-order valence-corrected chi connectivity index (χ2v) is 5.27. The Morgan fingerprint density at radius 1 is 1.40 bits per heavy atom. The van der Waals surface area contributed by atoms with E-state index in [1.807, 2.05) is 32.0 Å². The monoisotopic (exact) mass is 272 g/mol. The van der Waals surface area contributed by atoms with E-state index in [9.17, 15) is 4.79 Å². The van der Waals surface area contributed by atoms with Crippen molar-refractivity contribution < 1.29 is 9.90 Å². The molecule has 0 aliphatic carbocycles. The van der Waals surface area contributed by atoms with Gasteiger partial charge in [-0.2, -0.15) is 0 Å². The number of hydrogen-bond acceptors (Lipinski definition) is 3. The van der Waals surface area contributed by atoms with Crippen LogP contribution < -0.4 is 5.32 Å². The van der Waals surface area contributed by atoms with Crippen molar-refractivity contribution in [3.8, 4) is 0 Å². The summed E-state index contributed by atoms with van der Waals surface area (Å²) >= 11 is 0. The third-order valence-corrected chi connectivity index (χ3v) is 3.38. The Hall–Kier alpha value is -2.10. The molecule has 4 nitrogen and oxygen atoms in total. The van der Waals surface area contributed by atoms with E-state index in [1.54, 1.807) is 0 Å². The molecule has 2 aromatic rings. The zero-order chi connectivity index (χ0) is 14.5. The molecule has 0 bridgehead atoms. The van der Waals surface area contributed by atoms with Gasteiger partial charge in [0.05, 0.1) is 5.52 Å². The molecule has 4 heteroatoms. The topological polar surface area (TPSA) is 62.2 Å². The smallest absolute Gasteiger partial charge is 0.303 e. The number of nitrogens with zero attached hydrogens (tertiary/aromatic N) is 1. The number of fused-ring (bicyclic) bond motifs is 1. The Labute approximate surface area is 118 Å². The number of benzene rings is 1. The van der Waals surface area contributed by atoms with Gasteiger partial charge in [-0.3, -0.25) is 4.79 Å². The fourth-order valence-electron chi connectivity index (χ4n) is 2.14. The van der Waals surface area contributed by atoms with Gasteiger partial charge < -0.3 is 10.4 Å². The molecule has 2 N–H and O–H groups in total. The standard InChI is InChI=1S/C16H20N2O2/c1-11(7-8-15(19)20)10-17-16-12(2)9-13-5-3-4-6-14(13)18-16/h3-6,9,11H,7-8,10H2,1-2H3,(H,17,18)(H,19,20). The van der Waals surface area contributed by atoms with E-state index in [-0.39, 0.29) is 6.42 Å². The van der Waals surface area contributed by atoms with Crippen LogP contribution in [-0.2, 0) is 4.79 Å². The van der Waals surface area contributed by atoms with Crippen LogP contribution in [0.4, 0.5) is 5.82 Å². The number of pyridine rings is 1. The van der Waals surface area contributed by atoms with Gasteiger partial charge in [-0.15, -0.1) is 0 Å². The van der Waals surface area contributed by atoms with Crippen LogP contribution in [0, 0.1) is 12.8 Å². The number of aliphatic carboxylic acids is 1. The predicted octanol–water partition coefficient (Wildman–Crippen LogP) is 3.46. The number of nitrogens with one attached hydrogen (secondary N) is 1. The highest BCUT2D eigenvalue weighted by Gasteiger charge is 2.07. The van der Waals surface area contributed by atoms with Gasteiger partial charge in [0, 0.05) is 18.4 Å². The molecule has 0 saturated heterocycles. The fraction of sp³-hybridized carbons (Fsp3) is 0.375. The summed E-state index contributed by atoms with van der Waals surface area (Å²) in [5, 5.41) is 13.1. The Bertz CT molecular complexity index is 610. The second kappa shape index (κ2) is 6.37. The van der Waals surface area contributed by atoms with Crippen LogP contribution in [0.1, 0.15) is 25.3 Å². The molecule has 1 unspecified atom stereocenters. The first-order chi connectivity index (χ1) is 9.56. The minimum Gasteiger partial charge on any atom is -0.481 e. The average molecular weight is 272 g/mol. The molecule has 0 fully saturated rings. The van der Waals surface area contributed by atoms with Crippen LogP contribution in [0.15, 0.2) is 30.3 Å². The van der Waals surface area contributed by atoms with Gasteiger partial charge in [0.2, 0.25) is 0 Å². The highest BCUT2D eigenvalue weighted by atomic mass is 16.4. The van der Waals surface area contributed by atoms with Gasteiger partial charge in [-0.25, -0.2) is 4.98 Å². The Kier molecular flexibility index (Phi) is 4.56. The minimum absolute atomic E-state index is 0.215. The summed E-state index contributed by atoms with van der Waals surface area (Å²) in [4.78, 5) is 15.2. The molecule has 0 radical (unpaired) electrons. The van der Waals surface area contributed by atoms with E-state index in [0.717, 1.165) is 28.8 Å². The molecule has 1 heterocycles. The molecule has 0 aliphatic heterocycles. The van der Waals surface area contributed by atoms with Crippen molar-refractivity contribution in [3.05, 3.63) is 35.9 Å². The summed E-state index contributed by atoms with van der Waals surface area (Å²) in [6, 6.07) is 10.1. The van der Waals surface area contributed by atoms with Crippen LogP contribution in [0.25, 0.3) is 10.9 Å². The maximum Gasteiger partial charge on any atom is 0.303 e. The van der Waals surface area contributed by atoms with E-state index in [4.69, 9.17) is 5.11 Å². The van der Waals surface area contributed by atoms with Crippen molar-refractivity contribution >= 4 is 22.7 Å². The van der Waals surface area contributed by atoms with Crippen LogP contribution >= 0.6 is 0 Å². The zero-order valence-corrected chi connectivity index (χ0v) is 11.9. The number of carboxylic acid groups (broad SMARTS) is 1. The van der Waals surface area contributed by atoms with Crippen molar-refractivity contribution in [1.82, 2.24) is 4.98 Å². The molecule has 0 saturated carbocycles. The van der Waals surface area contributed by atoms with Gasteiger partial charge in [0.25, 0.3) is 0 Å². The SMILES string of the molecule is Cc1cc2ccccc2nc1NCC(C)CCC(=O)O. The molecular formula is C16H20N2O2. The first kappa shape index (κ1) is 14.3. The molecule has 106 valence electrons. The van der Waals surface area contributed by atoms with Gasteiger partial charge in [-0.1, -0.05) is 25.1 Å². The van der Waals surface area contributed by atoms with E-state index in [2.05, 4.69) is 22.4 Å². The Balaban J connectivity index is 2.02. The second-order valence-electron chi connectivity index (χ2n) is 5.27. The first-order valence-corrected chi connectivity index (χ1v) is 6.88. The molecule has 20 heavy (non-hydrogen) atoms. The molecule has 0 aliphatic rings. The van der Waals surface area contributed by atoms with Gasteiger partial charge in [0.15, 0.2) is 0 Å². The number of para-hydroxylation sites is 1. The van der Waals surface area contributed by atoms with E-state index in [0.29, 0.717) is 12.3 Å². The number of hydrogen-bond donors (Lipinski definition) is 2. The maximum atomic E-state index is 10.5. The molecule has 0 amide bonds. The number of carboxylic acids is 1. The summed E-state index contributed by atoms with van der Waals surface area (Å²) < 4.78 is 0. The summed E-state index contributed by atoms with van der Waals surface area (Å²) in [5.74, 6) is 0.446. The van der Waals surface area contributed by atoms with E-state index in [1.165, 1.54) is 0 Å². The lowest BCUT2D eigenvalue weighted by Gasteiger charge is -2.14. The third kappa shape index (κ3) is 3.70. The normalized spacial score (nSPS) is 12.3. The summed E-state index contributed by atoms with van der Waals surface area (Å²) in [6.45, 7) is 4.81. The van der Waals surface area contributed by atoms with E-state index >= 15 is 0 Å². The van der Waals surface area contributed by atoms with Crippen molar-refractivity contribution in [3.63, 3.8) is 0 Å². The highest BCUT2D eigenvalue weighted by Crippen LogP contribution is 2.20. The summed E-state index contributed by atoms with van der Waals surface area (Å²) in [6.07, 6.45) is 0.891. The fourth-order valence-corrected chi connectivity index (χ4v) is 2.14. The highest BCUT2D eigenvalue weighted by molar-refractivity contribution is 5.81. The van der Waals surface area contributed by atoms with Gasteiger partial charge >= 0.3 is 5.97 Å². The number of rotatable bonds is 6. The summed E-state index contributed by atoms with van der Waals surface area (Å²) in [5.41, 5.74) is 2.08. The number of anilines is 1. The lowest BCUT2D eigenvalue weighted by molar-refractivity contribution is -0.137. The quantitative estimate of drug-likeness (QED) is 0.845. The van der Waals surface area contributed by atoms with Crippen LogP contribution in [0.5, 0.6) is 0 Å². The number of carbonyl (C=O) groups is 1. The summed E-state index contributed by atoms with van der Waals surface area (Å²) in [7, 11) is 0. The lowest BCUT2D eigenvalue weighted by atomic mass is 10.1. The van der Waals surface area contributed by atoms with Crippen LogP contribution in [0.3, 0.4) is 0 Å². The molecule has 1 aromatic heterocycles. The minimum atomic E-state index is -0.739. The van der Waals surface area contributed by atoms with Gasteiger partial charge in [0.1, 0.15) is 5.82 Å². The molecule has 1 atom stereocenters. The molecule has 0 spiro atoms. The average Bonchev–Trinajstić information content (AvgIpc) is 2.42.